The standard InChI is InChI=1S/C18H19N3O2S/c1-4-16-20-21-18(24-16)19-17(22)11(2)12-5-6-14-10-15(23-3)8-7-13(14)9-12/h5-11H,4H2,1-3H3,(H,19,21,22)/t11-/m0/s1. The number of carbonyl (C=O) groups is 1. The average Bonchev–Trinajstić information content (AvgIpc) is 3.07. The lowest BCUT2D eigenvalue weighted by molar-refractivity contribution is -0.117. The summed E-state index contributed by atoms with van der Waals surface area (Å²) >= 11 is 1.41. The van der Waals surface area contributed by atoms with E-state index in [1.807, 2.05) is 50.2 Å². The average molecular weight is 341 g/mol. The molecule has 0 aliphatic rings. The first-order valence-corrected chi connectivity index (χ1v) is 8.63. The first kappa shape index (κ1) is 16.4. The maximum absolute atomic E-state index is 12.5. The maximum Gasteiger partial charge on any atom is 0.233 e. The van der Waals surface area contributed by atoms with Crippen LogP contribution in [0.2, 0.25) is 0 Å². The minimum Gasteiger partial charge on any atom is -0.497 e. The molecule has 1 atom stereocenters. The van der Waals surface area contributed by atoms with E-state index < -0.39 is 0 Å². The van der Waals surface area contributed by atoms with E-state index in [2.05, 4.69) is 15.5 Å². The van der Waals surface area contributed by atoms with Crippen molar-refractivity contribution in [3.8, 4) is 5.75 Å². The molecule has 0 aliphatic carbocycles. The van der Waals surface area contributed by atoms with Gasteiger partial charge in [0.15, 0.2) is 0 Å². The second-order valence-electron chi connectivity index (χ2n) is 5.54. The summed E-state index contributed by atoms with van der Waals surface area (Å²) in [6.45, 7) is 3.90. The molecule has 1 amide bonds. The summed E-state index contributed by atoms with van der Waals surface area (Å²) in [5.41, 5.74) is 0.963. The van der Waals surface area contributed by atoms with Crippen molar-refractivity contribution in [3.63, 3.8) is 0 Å². The fourth-order valence-electron chi connectivity index (χ4n) is 2.45. The molecule has 0 spiro atoms. The lowest BCUT2D eigenvalue weighted by atomic mass is 9.97. The zero-order valence-corrected chi connectivity index (χ0v) is 14.7. The summed E-state index contributed by atoms with van der Waals surface area (Å²) < 4.78 is 5.24. The van der Waals surface area contributed by atoms with Gasteiger partial charge in [-0.05, 0) is 41.8 Å². The summed E-state index contributed by atoms with van der Waals surface area (Å²) in [5.74, 6) is 0.469. The first-order chi connectivity index (χ1) is 11.6. The van der Waals surface area contributed by atoms with Gasteiger partial charge >= 0.3 is 0 Å². The van der Waals surface area contributed by atoms with Crippen molar-refractivity contribution >= 4 is 33.1 Å². The molecule has 1 N–H and O–H groups in total. The molecule has 124 valence electrons. The zero-order valence-electron chi connectivity index (χ0n) is 13.9. The Morgan fingerprint density at radius 1 is 1.21 bits per heavy atom. The highest BCUT2D eigenvalue weighted by atomic mass is 32.1. The van der Waals surface area contributed by atoms with Gasteiger partial charge in [0, 0.05) is 0 Å². The summed E-state index contributed by atoms with van der Waals surface area (Å²) in [6, 6.07) is 11.9. The van der Waals surface area contributed by atoms with Crippen LogP contribution in [0.5, 0.6) is 5.75 Å². The van der Waals surface area contributed by atoms with E-state index in [0.29, 0.717) is 5.13 Å². The smallest absolute Gasteiger partial charge is 0.233 e. The topological polar surface area (TPSA) is 64.1 Å². The van der Waals surface area contributed by atoms with E-state index in [1.54, 1.807) is 7.11 Å². The lowest BCUT2D eigenvalue weighted by Crippen LogP contribution is -2.18. The van der Waals surface area contributed by atoms with Gasteiger partial charge in [-0.1, -0.05) is 42.5 Å². The van der Waals surface area contributed by atoms with E-state index >= 15 is 0 Å². The number of amides is 1. The number of carbonyl (C=O) groups excluding carboxylic acids is 1. The van der Waals surface area contributed by atoms with Crippen LogP contribution in [0.4, 0.5) is 5.13 Å². The van der Waals surface area contributed by atoms with Gasteiger partial charge < -0.3 is 10.1 Å². The Morgan fingerprint density at radius 2 is 1.96 bits per heavy atom. The van der Waals surface area contributed by atoms with E-state index in [4.69, 9.17) is 4.74 Å². The molecule has 1 aromatic heterocycles. The van der Waals surface area contributed by atoms with Crippen LogP contribution in [-0.4, -0.2) is 23.2 Å². The molecule has 0 radical (unpaired) electrons. The number of methoxy groups -OCH3 is 1. The summed E-state index contributed by atoms with van der Waals surface area (Å²) in [4.78, 5) is 12.5. The van der Waals surface area contributed by atoms with Crippen LogP contribution in [0.15, 0.2) is 36.4 Å². The second kappa shape index (κ2) is 6.97. The number of anilines is 1. The SMILES string of the molecule is CCc1nnc(NC(=O)[C@@H](C)c2ccc3cc(OC)ccc3c2)s1. The molecule has 3 rings (SSSR count). The fourth-order valence-corrected chi connectivity index (χ4v) is 3.13. The molecule has 3 aromatic rings. The molecule has 1 heterocycles. The molecular weight excluding hydrogens is 322 g/mol. The lowest BCUT2D eigenvalue weighted by Gasteiger charge is -2.12. The number of benzene rings is 2. The number of fused-ring (bicyclic) bond motifs is 1. The summed E-state index contributed by atoms with van der Waals surface area (Å²) in [7, 11) is 1.65. The van der Waals surface area contributed by atoms with E-state index in [-0.39, 0.29) is 11.8 Å². The van der Waals surface area contributed by atoms with Crippen molar-refractivity contribution in [1.82, 2.24) is 10.2 Å². The molecule has 5 nitrogen and oxygen atoms in total. The normalized spacial score (nSPS) is 12.1. The largest absolute Gasteiger partial charge is 0.497 e. The summed E-state index contributed by atoms with van der Waals surface area (Å²) in [6.07, 6.45) is 0.817. The number of nitrogens with one attached hydrogen (secondary N) is 1. The van der Waals surface area contributed by atoms with Crippen molar-refractivity contribution in [2.75, 3.05) is 12.4 Å². The van der Waals surface area contributed by atoms with E-state index in [1.165, 1.54) is 11.3 Å². The third-order valence-corrected chi connectivity index (χ3v) is 4.95. The van der Waals surface area contributed by atoms with Crippen molar-refractivity contribution in [2.45, 2.75) is 26.2 Å². The molecule has 24 heavy (non-hydrogen) atoms. The third-order valence-electron chi connectivity index (χ3n) is 3.96. The highest BCUT2D eigenvalue weighted by molar-refractivity contribution is 7.15. The van der Waals surface area contributed by atoms with E-state index in [0.717, 1.165) is 33.5 Å². The molecule has 6 heteroatoms. The Labute approximate surface area is 144 Å². The number of rotatable bonds is 5. The summed E-state index contributed by atoms with van der Waals surface area (Å²) in [5, 5.41) is 14.5. The van der Waals surface area contributed by atoms with Crippen LogP contribution in [0.25, 0.3) is 10.8 Å². The van der Waals surface area contributed by atoms with Crippen molar-refractivity contribution in [1.29, 1.82) is 0 Å². The van der Waals surface area contributed by atoms with Crippen molar-refractivity contribution < 1.29 is 9.53 Å². The zero-order chi connectivity index (χ0) is 17.1. The van der Waals surface area contributed by atoms with Gasteiger partial charge in [0.05, 0.1) is 13.0 Å². The van der Waals surface area contributed by atoms with Gasteiger partial charge in [0.1, 0.15) is 10.8 Å². The van der Waals surface area contributed by atoms with Gasteiger partial charge in [-0.2, -0.15) is 0 Å². The fraction of sp³-hybridized carbons (Fsp3) is 0.278. The predicted octanol–water partition coefficient (Wildman–Crippen LogP) is 4.00. The number of aromatic nitrogens is 2. The highest BCUT2D eigenvalue weighted by Crippen LogP contribution is 2.26. The monoisotopic (exact) mass is 341 g/mol. The molecule has 0 bridgehead atoms. The number of hydrogen-bond acceptors (Lipinski definition) is 5. The van der Waals surface area contributed by atoms with Gasteiger partial charge in [0.25, 0.3) is 0 Å². The van der Waals surface area contributed by atoms with Gasteiger partial charge in [0.2, 0.25) is 11.0 Å². The molecule has 0 aliphatic heterocycles. The minimum absolute atomic E-state index is 0.0818. The van der Waals surface area contributed by atoms with Crippen LogP contribution in [-0.2, 0) is 11.2 Å². The highest BCUT2D eigenvalue weighted by Gasteiger charge is 2.17. The Balaban J connectivity index is 1.79. The number of ether oxygens (including phenoxy) is 1. The maximum atomic E-state index is 12.5. The quantitative estimate of drug-likeness (QED) is 0.762. The predicted molar refractivity (Wildman–Crippen MR) is 96.8 cm³/mol. The van der Waals surface area contributed by atoms with Crippen LogP contribution < -0.4 is 10.1 Å². The van der Waals surface area contributed by atoms with Crippen LogP contribution in [0, 0.1) is 0 Å². The number of aryl methyl sites for hydroxylation is 1. The Bertz CT molecular complexity index is 876. The Hall–Kier alpha value is -2.47. The van der Waals surface area contributed by atoms with Gasteiger partial charge in [-0.25, -0.2) is 0 Å². The molecular formula is C18H19N3O2S. The molecule has 0 fully saturated rings. The second-order valence-corrected chi connectivity index (χ2v) is 6.60. The Morgan fingerprint density at radius 3 is 2.67 bits per heavy atom. The van der Waals surface area contributed by atoms with Crippen molar-refractivity contribution in [3.05, 3.63) is 47.0 Å². The van der Waals surface area contributed by atoms with E-state index in [9.17, 15) is 4.79 Å². The minimum atomic E-state index is -0.273. The molecule has 0 saturated carbocycles. The third kappa shape index (κ3) is 3.38. The van der Waals surface area contributed by atoms with Crippen LogP contribution >= 0.6 is 11.3 Å². The number of hydrogen-bond donors (Lipinski definition) is 1. The van der Waals surface area contributed by atoms with Crippen LogP contribution in [0.3, 0.4) is 0 Å². The van der Waals surface area contributed by atoms with Gasteiger partial charge in [-0.15, -0.1) is 10.2 Å². The molecule has 0 unspecified atom stereocenters. The van der Waals surface area contributed by atoms with Crippen molar-refractivity contribution in [2.24, 2.45) is 0 Å². The molecule has 2 aromatic carbocycles. The molecule has 0 saturated heterocycles. The first-order valence-electron chi connectivity index (χ1n) is 7.81. The van der Waals surface area contributed by atoms with Crippen LogP contribution in [0.1, 0.15) is 30.3 Å². The van der Waals surface area contributed by atoms with Gasteiger partial charge in [-0.3, -0.25) is 4.79 Å². The number of nitrogens with zero attached hydrogens (tertiary/aromatic N) is 2. The Kier molecular flexibility index (Phi) is 4.76.